The maximum Gasteiger partial charge on any atom is 0.253 e. The Kier molecular flexibility index (Phi) is 4.63. The van der Waals surface area contributed by atoms with Crippen molar-refractivity contribution in [3.8, 4) is 0 Å². The van der Waals surface area contributed by atoms with Gasteiger partial charge in [-0.1, -0.05) is 13.0 Å². The third-order valence-electron chi connectivity index (χ3n) is 4.03. The molecule has 0 unspecified atom stereocenters. The smallest absolute Gasteiger partial charge is 0.253 e. The minimum Gasteiger partial charge on any atom is -0.345 e. The van der Waals surface area contributed by atoms with Gasteiger partial charge >= 0.3 is 0 Å². The minimum absolute atomic E-state index is 0.0263. The Morgan fingerprint density at radius 3 is 2.52 bits per heavy atom. The molecule has 2 rings (SSSR count). The van der Waals surface area contributed by atoms with Crippen molar-refractivity contribution in [3.63, 3.8) is 0 Å². The SMILES string of the molecule is CN(C)C(=O)c1cccc(NC(=O)C2(C)CCNCC2)c1. The lowest BCUT2D eigenvalue weighted by molar-refractivity contribution is -0.126. The molecule has 5 heteroatoms. The van der Waals surface area contributed by atoms with Gasteiger partial charge in [0, 0.05) is 30.8 Å². The summed E-state index contributed by atoms with van der Waals surface area (Å²) in [6.07, 6.45) is 1.66. The zero-order valence-electron chi connectivity index (χ0n) is 12.9. The third kappa shape index (κ3) is 3.61. The summed E-state index contributed by atoms with van der Waals surface area (Å²) in [5, 5.41) is 6.21. The zero-order chi connectivity index (χ0) is 15.5. The van der Waals surface area contributed by atoms with Crippen LogP contribution in [0.1, 0.15) is 30.1 Å². The van der Waals surface area contributed by atoms with Gasteiger partial charge in [0.05, 0.1) is 0 Å². The van der Waals surface area contributed by atoms with E-state index in [-0.39, 0.29) is 17.2 Å². The van der Waals surface area contributed by atoms with Gasteiger partial charge in [-0.15, -0.1) is 0 Å². The number of hydrogen-bond acceptors (Lipinski definition) is 3. The molecular formula is C16H23N3O2. The van der Waals surface area contributed by atoms with Crippen LogP contribution in [0, 0.1) is 5.41 Å². The van der Waals surface area contributed by atoms with Crippen molar-refractivity contribution in [2.45, 2.75) is 19.8 Å². The number of nitrogens with one attached hydrogen (secondary N) is 2. The normalized spacial score (nSPS) is 17.1. The highest BCUT2D eigenvalue weighted by atomic mass is 16.2. The molecule has 0 radical (unpaired) electrons. The third-order valence-corrected chi connectivity index (χ3v) is 4.03. The summed E-state index contributed by atoms with van der Waals surface area (Å²) in [4.78, 5) is 25.9. The number of piperidine rings is 1. The summed E-state index contributed by atoms with van der Waals surface area (Å²) in [6.45, 7) is 3.73. The second kappa shape index (κ2) is 6.26. The number of hydrogen-bond donors (Lipinski definition) is 2. The fourth-order valence-electron chi connectivity index (χ4n) is 2.48. The van der Waals surface area contributed by atoms with E-state index in [9.17, 15) is 9.59 Å². The molecule has 2 N–H and O–H groups in total. The predicted molar refractivity (Wildman–Crippen MR) is 83.3 cm³/mol. The summed E-state index contributed by atoms with van der Waals surface area (Å²) in [5.74, 6) is -0.0439. The van der Waals surface area contributed by atoms with Crippen LogP contribution in [0.4, 0.5) is 5.69 Å². The van der Waals surface area contributed by atoms with Crippen LogP contribution < -0.4 is 10.6 Å². The van der Waals surface area contributed by atoms with Crippen molar-refractivity contribution < 1.29 is 9.59 Å². The zero-order valence-corrected chi connectivity index (χ0v) is 12.9. The molecule has 0 bridgehead atoms. The van der Waals surface area contributed by atoms with Gasteiger partial charge in [-0.3, -0.25) is 9.59 Å². The van der Waals surface area contributed by atoms with Crippen LogP contribution in [-0.2, 0) is 4.79 Å². The summed E-state index contributed by atoms with van der Waals surface area (Å²) in [5.41, 5.74) is 0.910. The molecule has 0 aromatic heterocycles. The highest BCUT2D eigenvalue weighted by Gasteiger charge is 2.34. The Hall–Kier alpha value is -1.88. The first kappa shape index (κ1) is 15.5. The summed E-state index contributed by atoms with van der Waals surface area (Å²) in [6, 6.07) is 7.08. The number of amides is 2. The van der Waals surface area contributed by atoms with E-state index in [0.29, 0.717) is 11.3 Å². The molecule has 1 saturated heterocycles. The molecule has 0 saturated carbocycles. The van der Waals surface area contributed by atoms with Gasteiger partial charge in [-0.25, -0.2) is 0 Å². The topological polar surface area (TPSA) is 61.4 Å². The molecule has 21 heavy (non-hydrogen) atoms. The van der Waals surface area contributed by atoms with Crippen LogP contribution >= 0.6 is 0 Å². The van der Waals surface area contributed by atoms with E-state index in [2.05, 4.69) is 10.6 Å². The van der Waals surface area contributed by atoms with Gasteiger partial charge < -0.3 is 15.5 Å². The number of carbonyl (C=O) groups excluding carboxylic acids is 2. The first-order valence-corrected chi connectivity index (χ1v) is 7.26. The molecule has 0 spiro atoms. The second-order valence-electron chi connectivity index (χ2n) is 6.05. The van der Waals surface area contributed by atoms with E-state index < -0.39 is 0 Å². The minimum atomic E-state index is -0.340. The van der Waals surface area contributed by atoms with Crippen LogP contribution in [0.25, 0.3) is 0 Å². The molecule has 0 aliphatic carbocycles. The lowest BCUT2D eigenvalue weighted by Crippen LogP contribution is -2.42. The van der Waals surface area contributed by atoms with E-state index in [1.165, 1.54) is 4.90 Å². The van der Waals surface area contributed by atoms with E-state index in [0.717, 1.165) is 25.9 Å². The van der Waals surface area contributed by atoms with Crippen LogP contribution in [-0.4, -0.2) is 43.9 Å². The lowest BCUT2D eigenvalue weighted by atomic mass is 9.80. The van der Waals surface area contributed by atoms with E-state index in [1.54, 1.807) is 32.3 Å². The molecule has 1 aromatic carbocycles. The number of benzene rings is 1. The van der Waals surface area contributed by atoms with Crippen molar-refractivity contribution >= 4 is 17.5 Å². The van der Waals surface area contributed by atoms with Crippen LogP contribution in [0.3, 0.4) is 0 Å². The number of carbonyl (C=O) groups is 2. The standard InChI is InChI=1S/C16H23N3O2/c1-16(7-9-17-10-8-16)15(21)18-13-6-4-5-12(11-13)14(20)19(2)3/h4-6,11,17H,7-10H2,1-3H3,(H,18,21). The molecule has 1 fully saturated rings. The highest BCUT2D eigenvalue weighted by Crippen LogP contribution is 2.29. The molecular weight excluding hydrogens is 266 g/mol. The molecule has 5 nitrogen and oxygen atoms in total. The Morgan fingerprint density at radius 2 is 1.90 bits per heavy atom. The van der Waals surface area contributed by atoms with Crippen LogP contribution in [0.5, 0.6) is 0 Å². The average Bonchev–Trinajstić information content (AvgIpc) is 2.47. The maximum absolute atomic E-state index is 12.5. The Labute approximate surface area is 125 Å². The van der Waals surface area contributed by atoms with E-state index >= 15 is 0 Å². The maximum atomic E-state index is 12.5. The Morgan fingerprint density at radius 1 is 1.24 bits per heavy atom. The van der Waals surface area contributed by atoms with Crippen molar-refractivity contribution in [2.24, 2.45) is 5.41 Å². The quantitative estimate of drug-likeness (QED) is 0.890. The molecule has 1 aliphatic rings. The number of anilines is 1. The average molecular weight is 289 g/mol. The summed E-state index contributed by atoms with van der Waals surface area (Å²) >= 11 is 0. The Balaban J connectivity index is 2.11. The van der Waals surface area contributed by atoms with Gasteiger partial charge in [0.25, 0.3) is 5.91 Å². The van der Waals surface area contributed by atoms with E-state index in [1.807, 2.05) is 13.0 Å². The van der Waals surface area contributed by atoms with Gasteiger partial charge in [-0.2, -0.15) is 0 Å². The first-order chi connectivity index (χ1) is 9.92. The van der Waals surface area contributed by atoms with Gasteiger partial charge in [0.15, 0.2) is 0 Å². The van der Waals surface area contributed by atoms with Gasteiger partial charge in [-0.05, 0) is 44.1 Å². The fourth-order valence-corrected chi connectivity index (χ4v) is 2.48. The molecule has 0 atom stereocenters. The van der Waals surface area contributed by atoms with Crippen LogP contribution in [0.2, 0.25) is 0 Å². The monoisotopic (exact) mass is 289 g/mol. The van der Waals surface area contributed by atoms with Crippen molar-refractivity contribution in [3.05, 3.63) is 29.8 Å². The second-order valence-corrected chi connectivity index (χ2v) is 6.05. The summed E-state index contributed by atoms with van der Waals surface area (Å²) < 4.78 is 0. The Bertz CT molecular complexity index is 534. The lowest BCUT2D eigenvalue weighted by Gasteiger charge is -2.32. The predicted octanol–water partition coefficient (Wildman–Crippen LogP) is 1.72. The van der Waals surface area contributed by atoms with Crippen LogP contribution in [0.15, 0.2) is 24.3 Å². The van der Waals surface area contributed by atoms with Gasteiger partial charge in [0.2, 0.25) is 5.91 Å². The molecule has 1 aliphatic heterocycles. The molecule has 114 valence electrons. The van der Waals surface area contributed by atoms with Crippen molar-refractivity contribution in [1.82, 2.24) is 10.2 Å². The summed E-state index contributed by atoms with van der Waals surface area (Å²) in [7, 11) is 3.42. The van der Waals surface area contributed by atoms with Crippen molar-refractivity contribution in [1.29, 1.82) is 0 Å². The number of nitrogens with zero attached hydrogens (tertiary/aromatic N) is 1. The largest absolute Gasteiger partial charge is 0.345 e. The van der Waals surface area contributed by atoms with E-state index in [4.69, 9.17) is 0 Å². The fraction of sp³-hybridized carbons (Fsp3) is 0.500. The molecule has 1 heterocycles. The highest BCUT2D eigenvalue weighted by molar-refractivity contribution is 5.98. The molecule has 1 aromatic rings. The number of rotatable bonds is 3. The molecule has 2 amide bonds. The first-order valence-electron chi connectivity index (χ1n) is 7.26. The van der Waals surface area contributed by atoms with Crippen molar-refractivity contribution in [2.75, 3.05) is 32.5 Å². The van der Waals surface area contributed by atoms with Gasteiger partial charge in [0.1, 0.15) is 0 Å².